The van der Waals surface area contributed by atoms with E-state index < -0.39 is 0 Å². The number of aromatic hydroxyl groups is 1. The highest BCUT2D eigenvalue weighted by Gasteiger charge is 2.37. The Balaban J connectivity index is 1.58. The Kier molecular flexibility index (Phi) is 5.52. The topological polar surface area (TPSA) is 48.2 Å². The first-order chi connectivity index (χ1) is 12.0. The summed E-state index contributed by atoms with van der Waals surface area (Å²) in [5.41, 5.74) is 1.15. The van der Waals surface area contributed by atoms with Crippen molar-refractivity contribution in [1.29, 1.82) is 0 Å². The largest absolute Gasteiger partial charge is 0.508 e. The van der Waals surface area contributed by atoms with Crippen LogP contribution in [0, 0.1) is 0 Å². The van der Waals surface area contributed by atoms with E-state index in [1.54, 1.807) is 12.1 Å². The number of amides is 1. The number of quaternary nitrogens is 1. The van der Waals surface area contributed by atoms with Gasteiger partial charge in [0.2, 0.25) is 0 Å². The number of hydrogen-bond donors (Lipinski definition) is 2. The van der Waals surface area contributed by atoms with Gasteiger partial charge in [-0.1, -0.05) is 0 Å². The SMILES string of the molecule is C[C@@H]1CCC[C@H](C)N1C(=O)[C@@H](C)[NH+]1CCN(c2ccc(O)cc2)CC1. The molecular weight excluding hydrogens is 314 g/mol. The van der Waals surface area contributed by atoms with E-state index in [0.717, 1.165) is 44.7 Å². The standard InChI is InChI=1S/C20H31N3O2/c1-15-5-4-6-16(2)23(15)20(25)17(3)21-11-13-22(14-12-21)18-7-9-19(24)10-8-18/h7-10,15-17,24H,4-6,11-14H2,1-3H3/p+1/t15-,16+,17-/m1/s1. The van der Waals surface area contributed by atoms with Crippen LogP contribution < -0.4 is 9.80 Å². The van der Waals surface area contributed by atoms with Gasteiger partial charge in [-0.25, -0.2) is 0 Å². The summed E-state index contributed by atoms with van der Waals surface area (Å²) in [6, 6.07) is 8.18. The summed E-state index contributed by atoms with van der Waals surface area (Å²) in [7, 11) is 0. The molecule has 2 aliphatic heterocycles. The van der Waals surface area contributed by atoms with Crippen LogP contribution in [-0.4, -0.2) is 60.2 Å². The number of carbonyl (C=O) groups excluding carboxylic acids is 1. The van der Waals surface area contributed by atoms with Crippen molar-refractivity contribution in [3.05, 3.63) is 24.3 Å². The van der Waals surface area contributed by atoms with Crippen LogP contribution in [0.1, 0.15) is 40.0 Å². The molecule has 0 bridgehead atoms. The fourth-order valence-corrected chi connectivity index (χ4v) is 4.40. The van der Waals surface area contributed by atoms with Crippen molar-refractivity contribution in [2.24, 2.45) is 0 Å². The third kappa shape index (κ3) is 3.92. The highest BCUT2D eigenvalue weighted by Crippen LogP contribution is 2.23. The Morgan fingerprint density at radius 2 is 1.68 bits per heavy atom. The number of carbonyl (C=O) groups is 1. The number of rotatable bonds is 3. The Labute approximate surface area is 151 Å². The highest BCUT2D eigenvalue weighted by atomic mass is 16.3. The fraction of sp³-hybridized carbons (Fsp3) is 0.650. The molecule has 0 aliphatic carbocycles. The van der Waals surface area contributed by atoms with Gasteiger partial charge in [0.15, 0.2) is 6.04 Å². The molecule has 3 rings (SSSR count). The van der Waals surface area contributed by atoms with E-state index >= 15 is 0 Å². The van der Waals surface area contributed by atoms with Crippen LogP contribution >= 0.6 is 0 Å². The number of hydrogen-bond acceptors (Lipinski definition) is 3. The molecular formula is C20H32N3O2+. The second-order valence-electron chi connectivity index (χ2n) is 7.76. The first-order valence-electron chi connectivity index (χ1n) is 9.68. The Morgan fingerprint density at radius 1 is 1.12 bits per heavy atom. The van der Waals surface area contributed by atoms with Crippen LogP contribution in [0.2, 0.25) is 0 Å². The number of phenols is 1. The lowest BCUT2D eigenvalue weighted by Gasteiger charge is -2.42. The van der Waals surface area contributed by atoms with E-state index in [4.69, 9.17) is 0 Å². The molecule has 2 saturated heterocycles. The molecule has 2 heterocycles. The lowest BCUT2D eigenvalue weighted by Crippen LogP contribution is -3.19. The van der Waals surface area contributed by atoms with Crippen molar-refractivity contribution in [1.82, 2.24) is 4.90 Å². The second-order valence-corrected chi connectivity index (χ2v) is 7.76. The number of piperidine rings is 1. The fourth-order valence-electron chi connectivity index (χ4n) is 4.40. The van der Waals surface area contributed by atoms with Gasteiger partial charge in [0, 0.05) is 17.8 Å². The predicted molar refractivity (Wildman–Crippen MR) is 100 cm³/mol. The van der Waals surface area contributed by atoms with Crippen molar-refractivity contribution in [3.8, 4) is 5.75 Å². The molecule has 1 amide bonds. The van der Waals surface area contributed by atoms with Gasteiger partial charge in [-0.05, 0) is 64.3 Å². The molecule has 5 nitrogen and oxygen atoms in total. The first-order valence-corrected chi connectivity index (χ1v) is 9.68. The van der Waals surface area contributed by atoms with Gasteiger partial charge in [-0.15, -0.1) is 0 Å². The maximum absolute atomic E-state index is 13.1. The molecule has 25 heavy (non-hydrogen) atoms. The molecule has 0 aromatic heterocycles. The molecule has 3 atom stereocenters. The van der Waals surface area contributed by atoms with Crippen molar-refractivity contribution in [2.45, 2.75) is 58.2 Å². The molecule has 0 saturated carbocycles. The summed E-state index contributed by atoms with van der Waals surface area (Å²) in [5.74, 6) is 0.629. The zero-order chi connectivity index (χ0) is 18.0. The van der Waals surface area contributed by atoms with Crippen molar-refractivity contribution in [3.63, 3.8) is 0 Å². The quantitative estimate of drug-likeness (QED) is 0.867. The van der Waals surface area contributed by atoms with E-state index in [0.29, 0.717) is 23.7 Å². The monoisotopic (exact) mass is 346 g/mol. The summed E-state index contributed by atoms with van der Waals surface area (Å²) < 4.78 is 0. The van der Waals surface area contributed by atoms with Gasteiger partial charge in [-0.2, -0.15) is 0 Å². The van der Waals surface area contributed by atoms with Gasteiger partial charge in [0.05, 0.1) is 26.2 Å². The third-order valence-electron chi connectivity index (χ3n) is 6.05. The molecule has 0 spiro atoms. The summed E-state index contributed by atoms with van der Waals surface area (Å²) in [4.78, 5) is 19.0. The minimum atomic E-state index is 0.0324. The molecule has 2 N–H and O–H groups in total. The molecule has 1 aromatic carbocycles. The third-order valence-corrected chi connectivity index (χ3v) is 6.05. The maximum Gasteiger partial charge on any atom is 0.281 e. The first kappa shape index (κ1) is 18.1. The van der Waals surface area contributed by atoms with E-state index in [1.807, 2.05) is 12.1 Å². The Bertz CT molecular complexity index is 571. The summed E-state index contributed by atoms with van der Waals surface area (Å²) >= 11 is 0. The Morgan fingerprint density at radius 3 is 2.24 bits per heavy atom. The smallest absolute Gasteiger partial charge is 0.281 e. The highest BCUT2D eigenvalue weighted by molar-refractivity contribution is 5.80. The zero-order valence-corrected chi connectivity index (χ0v) is 15.7. The van der Waals surface area contributed by atoms with Crippen LogP contribution in [0.3, 0.4) is 0 Å². The molecule has 0 unspecified atom stereocenters. The van der Waals surface area contributed by atoms with Crippen LogP contribution in [0.15, 0.2) is 24.3 Å². The van der Waals surface area contributed by atoms with E-state index in [1.165, 1.54) is 11.3 Å². The Hall–Kier alpha value is -1.75. The lowest BCUT2D eigenvalue weighted by atomic mass is 9.96. The molecule has 2 fully saturated rings. The molecule has 1 aromatic rings. The molecule has 138 valence electrons. The number of nitrogens with one attached hydrogen (secondary N) is 1. The summed E-state index contributed by atoms with van der Waals surface area (Å²) in [5, 5.41) is 9.43. The zero-order valence-electron chi connectivity index (χ0n) is 15.7. The predicted octanol–water partition coefficient (Wildman–Crippen LogP) is 1.28. The molecule has 2 aliphatic rings. The molecule has 5 heteroatoms. The number of anilines is 1. The number of benzene rings is 1. The van der Waals surface area contributed by atoms with Gasteiger partial charge < -0.3 is 19.8 Å². The molecule has 0 radical (unpaired) electrons. The van der Waals surface area contributed by atoms with Crippen molar-refractivity contribution in [2.75, 3.05) is 31.1 Å². The van der Waals surface area contributed by atoms with Gasteiger partial charge in [0.25, 0.3) is 5.91 Å². The summed E-state index contributed by atoms with van der Waals surface area (Å²) in [6.07, 6.45) is 3.50. The van der Waals surface area contributed by atoms with E-state index in [9.17, 15) is 9.90 Å². The minimum absolute atomic E-state index is 0.0324. The van der Waals surface area contributed by atoms with E-state index in [-0.39, 0.29) is 6.04 Å². The van der Waals surface area contributed by atoms with Gasteiger partial charge >= 0.3 is 0 Å². The normalized spacial score (nSPS) is 26.5. The van der Waals surface area contributed by atoms with Crippen molar-refractivity contribution >= 4 is 11.6 Å². The van der Waals surface area contributed by atoms with Crippen LogP contribution in [0.25, 0.3) is 0 Å². The van der Waals surface area contributed by atoms with Crippen LogP contribution in [0.4, 0.5) is 5.69 Å². The number of phenolic OH excluding ortho intramolecular Hbond substituents is 1. The van der Waals surface area contributed by atoms with Crippen LogP contribution in [0.5, 0.6) is 5.75 Å². The maximum atomic E-state index is 13.1. The summed E-state index contributed by atoms with van der Waals surface area (Å²) in [6.45, 7) is 10.3. The van der Waals surface area contributed by atoms with Crippen LogP contribution in [-0.2, 0) is 4.79 Å². The number of piperazine rings is 1. The minimum Gasteiger partial charge on any atom is -0.508 e. The number of nitrogens with zero attached hydrogens (tertiary/aromatic N) is 2. The van der Waals surface area contributed by atoms with Gasteiger partial charge in [-0.3, -0.25) is 4.79 Å². The average molecular weight is 346 g/mol. The average Bonchev–Trinajstić information content (AvgIpc) is 2.61. The van der Waals surface area contributed by atoms with E-state index in [2.05, 4.69) is 30.6 Å². The number of likely N-dealkylation sites (tertiary alicyclic amines) is 1. The van der Waals surface area contributed by atoms with Gasteiger partial charge in [0.1, 0.15) is 5.75 Å². The lowest BCUT2D eigenvalue weighted by molar-refractivity contribution is -0.915. The van der Waals surface area contributed by atoms with Crippen molar-refractivity contribution < 1.29 is 14.8 Å². The second kappa shape index (κ2) is 7.65.